The van der Waals surface area contributed by atoms with E-state index in [1.54, 1.807) is 60.7 Å². The Morgan fingerprint density at radius 2 is 1.15 bits per heavy atom. The third kappa shape index (κ3) is 10.1. The predicted octanol–water partition coefficient (Wildman–Crippen LogP) is 7.48. The van der Waals surface area contributed by atoms with Gasteiger partial charge in [0.05, 0.1) is 30.4 Å². The van der Waals surface area contributed by atoms with E-state index in [0.29, 0.717) is 12.1 Å². The normalized spacial score (nSPS) is 12.4. The van der Waals surface area contributed by atoms with Crippen LogP contribution in [0.15, 0.2) is 109 Å². The van der Waals surface area contributed by atoms with Crippen LogP contribution in [0.4, 0.5) is 31.1 Å². The van der Waals surface area contributed by atoms with Gasteiger partial charge in [-0.1, -0.05) is 91.0 Å². The van der Waals surface area contributed by atoms with Crippen LogP contribution in [0.25, 0.3) is 0 Å². The van der Waals surface area contributed by atoms with Crippen molar-refractivity contribution in [1.29, 1.82) is 0 Å². The molecule has 0 saturated heterocycles. The first kappa shape index (κ1) is 34.0. The molecule has 4 rings (SSSR count). The summed E-state index contributed by atoms with van der Waals surface area (Å²) in [6, 6.07) is 27.3. The van der Waals surface area contributed by atoms with Gasteiger partial charge in [-0.2, -0.15) is 26.3 Å². The first-order valence-corrected chi connectivity index (χ1v) is 14.1. The van der Waals surface area contributed by atoms with Gasteiger partial charge in [-0.3, -0.25) is 4.79 Å². The molecule has 0 aromatic heterocycles. The van der Waals surface area contributed by atoms with Gasteiger partial charge in [0.1, 0.15) is 13.2 Å². The fraction of sp³-hybridized carbons (Fsp3) is 0.235. The number of amides is 2. The van der Waals surface area contributed by atoms with Crippen LogP contribution in [-0.2, 0) is 39.8 Å². The predicted molar refractivity (Wildman–Crippen MR) is 157 cm³/mol. The highest BCUT2D eigenvalue weighted by Crippen LogP contribution is 2.36. The number of nitrogens with one attached hydrogen (secondary N) is 2. The van der Waals surface area contributed by atoms with Gasteiger partial charge in [0.25, 0.3) is 0 Å². The summed E-state index contributed by atoms with van der Waals surface area (Å²) in [5, 5.41) is 5.18. The molecule has 1 unspecified atom stereocenters. The van der Waals surface area contributed by atoms with E-state index < -0.39 is 60.6 Å². The molecule has 0 aliphatic rings. The van der Waals surface area contributed by atoms with Gasteiger partial charge in [-0.05, 0) is 40.5 Å². The summed E-state index contributed by atoms with van der Waals surface area (Å²) < 4.78 is 91.1. The van der Waals surface area contributed by atoms with Gasteiger partial charge in [0.2, 0.25) is 5.91 Å². The highest BCUT2D eigenvalue weighted by molar-refractivity contribution is 5.82. The lowest BCUT2D eigenvalue weighted by atomic mass is 9.85. The Balaban J connectivity index is 1.52. The average molecular weight is 645 g/mol. The van der Waals surface area contributed by atoms with Gasteiger partial charge in [0, 0.05) is 5.92 Å². The van der Waals surface area contributed by atoms with Crippen molar-refractivity contribution in [2.45, 2.75) is 37.5 Å². The third-order valence-corrected chi connectivity index (χ3v) is 6.89. The summed E-state index contributed by atoms with van der Waals surface area (Å²) in [6.07, 6.45) is -10.8. The number of halogens is 6. The zero-order valence-corrected chi connectivity index (χ0v) is 24.3. The van der Waals surface area contributed by atoms with Crippen molar-refractivity contribution in [3.8, 4) is 0 Å². The maximum absolute atomic E-state index is 13.4. The lowest BCUT2D eigenvalue weighted by molar-refractivity contribution is -0.143. The van der Waals surface area contributed by atoms with Crippen molar-refractivity contribution in [3.05, 3.63) is 143 Å². The SMILES string of the molecule is O=C(CNC(=O)OCc1ccccc1)NC(COCc1cc(C(F)(F)F)cc(C(F)(F)F)c1)C(c1ccccc1)c1ccccc1. The molecule has 0 bridgehead atoms. The number of ether oxygens (including phenoxy) is 2. The minimum atomic E-state index is -5.01. The number of benzene rings is 4. The Kier molecular flexibility index (Phi) is 11.4. The van der Waals surface area contributed by atoms with Crippen LogP contribution in [0.5, 0.6) is 0 Å². The second kappa shape index (κ2) is 15.4. The molecule has 4 aromatic carbocycles. The van der Waals surface area contributed by atoms with E-state index in [2.05, 4.69) is 10.6 Å². The molecule has 0 fully saturated rings. The highest BCUT2D eigenvalue weighted by atomic mass is 19.4. The van der Waals surface area contributed by atoms with Crippen molar-refractivity contribution in [2.24, 2.45) is 0 Å². The van der Waals surface area contributed by atoms with E-state index in [4.69, 9.17) is 9.47 Å². The second-order valence-corrected chi connectivity index (χ2v) is 10.3. The first-order chi connectivity index (χ1) is 21.9. The van der Waals surface area contributed by atoms with Crippen LogP contribution >= 0.6 is 0 Å². The number of hydrogen-bond donors (Lipinski definition) is 2. The smallest absolute Gasteiger partial charge is 0.416 e. The van der Waals surface area contributed by atoms with Crippen LogP contribution in [-0.4, -0.2) is 31.2 Å². The lowest BCUT2D eigenvalue weighted by Gasteiger charge is -2.29. The number of rotatable bonds is 12. The minimum Gasteiger partial charge on any atom is -0.445 e. The zero-order chi connectivity index (χ0) is 33.2. The monoisotopic (exact) mass is 644 g/mol. The van der Waals surface area contributed by atoms with Crippen LogP contribution in [0.2, 0.25) is 0 Å². The second-order valence-electron chi connectivity index (χ2n) is 10.3. The molecule has 0 spiro atoms. The van der Waals surface area contributed by atoms with Gasteiger partial charge in [-0.15, -0.1) is 0 Å². The largest absolute Gasteiger partial charge is 0.445 e. The Hall–Kier alpha value is -4.84. The van der Waals surface area contributed by atoms with Crippen molar-refractivity contribution >= 4 is 12.0 Å². The van der Waals surface area contributed by atoms with E-state index in [-0.39, 0.29) is 24.8 Å². The first-order valence-electron chi connectivity index (χ1n) is 14.1. The molecule has 4 aromatic rings. The maximum atomic E-state index is 13.4. The Labute approximate surface area is 261 Å². The number of hydrogen-bond acceptors (Lipinski definition) is 4. The number of alkyl halides is 6. The molecule has 2 amide bonds. The molecule has 1 atom stereocenters. The fourth-order valence-corrected chi connectivity index (χ4v) is 4.79. The zero-order valence-electron chi connectivity index (χ0n) is 24.3. The molecular formula is C34H30F6N2O4. The van der Waals surface area contributed by atoms with Gasteiger partial charge in [0.15, 0.2) is 0 Å². The van der Waals surface area contributed by atoms with E-state index in [9.17, 15) is 35.9 Å². The quantitative estimate of drug-likeness (QED) is 0.157. The number of carbonyl (C=O) groups is 2. The minimum absolute atomic E-state index is 0.0135. The van der Waals surface area contributed by atoms with Crippen molar-refractivity contribution in [3.63, 3.8) is 0 Å². The number of carbonyl (C=O) groups excluding carboxylic acids is 2. The summed E-state index contributed by atoms with van der Waals surface area (Å²) in [4.78, 5) is 25.3. The summed E-state index contributed by atoms with van der Waals surface area (Å²) in [5.41, 5.74) is -0.987. The Bertz CT molecular complexity index is 1490. The topological polar surface area (TPSA) is 76.7 Å². The highest BCUT2D eigenvalue weighted by Gasteiger charge is 2.37. The third-order valence-electron chi connectivity index (χ3n) is 6.89. The van der Waals surface area contributed by atoms with Crippen LogP contribution in [0.1, 0.15) is 39.3 Å². The Morgan fingerprint density at radius 1 is 0.652 bits per heavy atom. The lowest BCUT2D eigenvalue weighted by Crippen LogP contribution is -2.47. The van der Waals surface area contributed by atoms with Gasteiger partial charge >= 0.3 is 18.4 Å². The van der Waals surface area contributed by atoms with Crippen molar-refractivity contribution < 1.29 is 45.4 Å². The molecule has 0 aliphatic carbocycles. The molecule has 0 heterocycles. The van der Waals surface area contributed by atoms with Crippen molar-refractivity contribution in [1.82, 2.24) is 10.6 Å². The van der Waals surface area contributed by atoms with Crippen LogP contribution < -0.4 is 10.6 Å². The number of alkyl carbamates (subject to hydrolysis) is 1. The molecule has 0 aliphatic heterocycles. The summed E-state index contributed by atoms with van der Waals surface area (Å²) >= 11 is 0. The standard InChI is InChI=1S/C34H30F6N2O4/c35-33(36,37)27-16-24(17-28(18-27)34(38,39)40)20-45-22-29(31(25-12-6-2-7-13-25)26-14-8-3-9-15-26)42-30(43)19-41-32(44)46-21-23-10-4-1-5-11-23/h1-18,29,31H,19-22H2,(H,41,44)(H,42,43). The molecule has 0 radical (unpaired) electrons. The molecule has 46 heavy (non-hydrogen) atoms. The van der Waals surface area contributed by atoms with E-state index in [0.717, 1.165) is 16.7 Å². The summed E-state index contributed by atoms with van der Waals surface area (Å²) in [6.45, 7) is -1.38. The van der Waals surface area contributed by atoms with E-state index >= 15 is 0 Å². The molecule has 2 N–H and O–H groups in total. The molecule has 0 saturated carbocycles. The van der Waals surface area contributed by atoms with Crippen LogP contribution in [0, 0.1) is 0 Å². The maximum Gasteiger partial charge on any atom is 0.416 e. The van der Waals surface area contributed by atoms with E-state index in [1.165, 1.54) is 0 Å². The average Bonchev–Trinajstić information content (AvgIpc) is 3.03. The van der Waals surface area contributed by atoms with Crippen molar-refractivity contribution in [2.75, 3.05) is 13.2 Å². The fourth-order valence-electron chi connectivity index (χ4n) is 4.79. The molecular weight excluding hydrogens is 614 g/mol. The summed E-state index contributed by atoms with van der Waals surface area (Å²) in [5.74, 6) is -1.16. The summed E-state index contributed by atoms with van der Waals surface area (Å²) in [7, 11) is 0. The Morgan fingerprint density at radius 3 is 1.65 bits per heavy atom. The van der Waals surface area contributed by atoms with Gasteiger partial charge < -0.3 is 20.1 Å². The molecule has 6 nitrogen and oxygen atoms in total. The van der Waals surface area contributed by atoms with E-state index in [1.807, 2.05) is 30.3 Å². The molecule has 12 heteroatoms. The van der Waals surface area contributed by atoms with Gasteiger partial charge in [-0.25, -0.2) is 4.79 Å². The molecule has 242 valence electrons. The van der Waals surface area contributed by atoms with Crippen LogP contribution in [0.3, 0.4) is 0 Å².